The summed E-state index contributed by atoms with van der Waals surface area (Å²) in [6, 6.07) is 4.89. The van der Waals surface area contributed by atoms with Gasteiger partial charge in [0.25, 0.3) is 0 Å². The van der Waals surface area contributed by atoms with Crippen LogP contribution >= 0.6 is 0 Å². The van der Waals surface area contributed by atoms with Gasteiger partial charge >= 0.3 is 0 Å². The first kappa shape index (κ1) is 16.1. The molecule has 0 spiro atoms. The molecule has 0 saturated heterocycles. The number of sulfonamides is 1. The quantitative estimate of drug-likeness (QED) is 0.847. The summed E-state index contributed by atoms with van der Waals surface area (Å²) < 4.78 is 47.4. The van der Waals surface area contributed by atoms with Gasteiger partial charge in [0, 0.05) is 32.3 Å². The molecule has 0 radical (unpaired) electrons. The Bertz CT molecular complexity index is 774. The van der Waals surface area contributed by atoms with E-state index in [1.165, 1.54) is 16.4 Å². The lowest BCUT2D eigenvalue weighted by atomic mass is 10.1. The average molecular weight is 339 g/mol. The molecule has 3 rings (SSSR count). The molecule has 1 aliphatic heterocycles. The molecule has 1 atom stereocenters. The summed E-state index contributed by atoms with van der Waals surface area (Å²) in [7, 11) is -2.11. The molecule has 23 heavy (non-hydrogen) atoms. The van der Waals surface area contributed by atoms with Crippen molar-refractivity contribution in [2.45, 2.75) is 18.0 Å². The molecule has 2 aromatic rings. The third-order valence-corrected chi connectivity index (χ3v) is 5.73. The van der Waals surface area contributed by atoms with E-state index >= 15 is 0 Å². The molecule has 1 aromatic carbocycles. The fourth-order valence-corrected chi connectivity index (χ4v) is 4.28. The first-order valence-electron chi connectivity index (χ1n) is 7.24. The van der Waals surface area contributed by atoms with Gasteiger partial charge in [-0.15, -0.1) is 0 Å². The lowest BCUT2D eigenvalue weighted by Gasteiger charge is -2.23. The van der Waals surface area contributed by atoms with E-state index in [2.05, 4.69) is 4.98 Å². The van der Waals surface area contributed by atoms with Crippen LogP contribution in [-0.4, -0.2) is 42.5 Å². The van der Waals surface area contributed by atoms with Crippen LogP contribution in [0.5, 0.6) is 0 Å². The number of nitrogens with zero attached hydrogens (tertiary/aromatic N) is 3. The zero-order chi connectivity index (χ0) is 16.4. The standard InChI is InChI=1S/C15H18FN3O3S/c1-22-10-12-7-18-11-17-6-14(18)9-19(8-12)23(20,21)15-4-2-13(16)3-5-15/h2-6,11-12H,7-10H2,1H3/t12-/m1/s1. The van der Waals surface area contributed by atoms with E-state index in [1.807, 2.05) is 4.57 Å². The Kier molecular flexibility index (Phi) is 4.47. The molecule has 0 fully saturated rings. The lowest BCUT2D eigenvalue weighted by Crippen LogP contribution is -2.35. The van der Waals surface area contributed by atoms with Crippen LogP contribution in [0.15, 0.2) is 41.7 Å². The monoisotopic (exact) mass is 339 g/mol. The van der Waals surface area contributed by atoms with Gasteiger partial charge in [-0.05, 0) is 24.3 Å². The number of hydrogen-bond acceptors (Lipinski definition) is 4. The van der Waals surface area contributed by atoms with Gasteiger partial charge in [-0.1, -0.05) is 0 Å². The molecule has 124 valence electrons. The minimum atomic E-state index is -3.70. The van der Waals surface area contributed by atoms with E-state index in [0.29, 0.717) is 19.7 Å². The van der Waals surface area contributed by atoms with Crippen molar-refractivity contribution in [3.05, 3.63) is 48.3 Å². The molecule has 1 aliphatic rings. The van der Waals surface area contributed by atoms with E-state index in [9.17, 15) is 12.8 Å². The van der Waals surface area contributed by atoms with Crippen molar-refractivity contribution < 1.29 is 17.5 Å². The van der Waals surface area contributed by atoms with Crippen LogP contribution < -0.4 is 0 Å². The minimum Gasteiger partial charge on any atom is -0.384 e. The van der Waals surface area contributed by atoms with E-state index in [0.717, 1.165) is 17.8 Å². The molecule has 0 aliphatic carbocycles. The molecule has 0 amide bonds. The van der Waals surface area contributed by atoms with E-state index in [-0.39, 0.29) is 17.4 Å². The van der Waals surface area contributed by atoms with Crippen molar-refractivity contribution in [1.29, 1.82) is 0 Å². The second kappa shape index (κ2) is 6.38. The van der Waals surface area contributed by atoms with Gasteiger partial charge in [0.15, 0.2) is 0 Å². The highest BCUT2D eigenvalue weighted by Crippen LogP contribution is 2.24. The summed E-state index contributed by atoms with van der Waals surface area (Å²) in [6.45, 7) is 1.68. The first-order chi connectivity index (χ1) is 11.0. The normalized spacial score (nSPS) is 19.3. The van der Waals surface area contributed by atoms with Gasteiger partial charge in [-0.2, -0.15) is 4.31 Å². The summed E-state index contributed by atoms with van der Waals surface area (Å²) in [5, 5.41) is 0. The van der Waals surface area contributed by atoms with Crippen LogP contribution in [0.4, 0.5) is 4.39 Å². The predicted molar refractivity (Wildman–Crippen MR) is 81.6 cm³/mol. The van der Waals surface area contributed by atoms with Crippen molar-refractivity contribution >= 4 is 10.0 Å². The first-order valence-corrected chi connectivity index (χ1v) is 8.68. The molecule has 6 nitrogen and oxygen atoms in total. The summed E-state index contributed by atoms with van der Waals surface area (Å²) in [5.74, 6) is -0.444. The Morgan fingerprint density at radius 2 is 2.04 bits per heavy atom. The Labute approximate surface area is 134 Å². The number of ether oxygens (including phenoxy) is 1. The topological polar surface area (TPSA) is 64.4 Å². The molecule has 0 unspecified atom stereocenters. The lowest BCUT2D eigenvalue weighted by molar-refractivity contribution is 0.134. The number of methoxy groups -OCH3 is 1. The molecule has 8 heteroatoms. The van der Waals surface area contributed by atoms with Gasteiger partial charge < -0.3 is 9.30 Å². The third-order valence-electron chi connectivity index (χ3n) is 3.91. The minimum absolute atomic E-state index is 0.0191. The van der Waals surface area contributed by atoms with Crippen LogP contribution in [0.2, 0.25) is 0 Å². The molecular weight excluding hydrogens is 321 g/mol. The van der Waals surface area contributed by atoms with Crippen molar-refractivity contribution in [3.63, 3.8) is 0 Å². The largest absolute Gasteiger partial charge is 0.384 e. The van der Waals surface area contributed by atoms with Crippen molar-refractivity contribution in [2.75, 3.05) is 20.3 Å². The van der Waals surface area contributed by atoms with Gasteiger partial charge in [0.05, 0.1) is 30.1 Å². The van der Waals surface area contributed by atoms with Gasteiger partial charge in [0.1, 0.15) is 5.82 Å². The fourth-order valence-electron chi connectivity index (χ4n) is 2.79. The Morgan fingerprint density at radius 1 is 1.30 bits per heavy atom. The third kappa shape index (κ3) is 3.29. The highest BCUT2D eigenvalue weighted by atomic mass is 32.2. The molecule has 2 heterocycles. The molecule has 0 saturated carbocycles. The second-order valence-corrected chi connectivity index (χ2v) is 7.55. The van der Waals surface area contributed by atoms with Crippen LogP contribution in [0.25, 0.3) is 0 Å². The summed E-state index contributed by atoms with van der Waals surface area (Å²) >= 11 is 0. The smallest absolute Gasteiger partial charge is 0.243 e. The number of benzene rings is 1. The van der Waals surface area contributed by atoms with Crippen molar-refractivity contribution in [3.8, 4) is 0 Å². The van der Waals surface area contributed by atoms with Gasteiger partial charge in [-0.3, -0.25) is 0 Å². The number of hydrogen-bond donors (Lipinski definition) is 0. The van der Waals surface area contributed by atoms with Crippen LogP contribution in [-0.2, 0) is 27.8 Å². The predicted octanol–water partition coefficient (Wildman–Crippen LogP) is 1.49. The molecule has 0 bridgehead atoms. The Balaban J connectivity index is 1.95. The Morgan fingerprint density at radius 3 is 2.74 bits per heavy atom. The highest BCUT2D eigenvalue weighted by molar-refractivity contribution is 7.89. The zero-order valence-corrected chi connectivity index (χ0v) is 13.5. The van der Waals surface area contributed by atoms with Crippen molar-refractivity contribution in [2.24, 2.45) is 5.92 Å². The molecular formula is C15H18FN3O3S. The maximum Gasteiger partial charge on any atom is 0.243 e. The number of rotatable bonds is 4. The SMILES string of the molecule is COC[C@H]1CN(S(=O)(=O)c2ccc(F)cc2)Cc2cncn2C1. The van der Waals surface area contributed by atoms with Gasteiger partial charge in [0.2, 0.25) is 10.0 Å². The van der Waals surface area contributed by atoms with Crippen molar-refractivity contribution in [1.82, 2.24) is 13.9 Å². The van der Waals surface area contributed by atoms with Crippen LogP contribution in [0, 0.1) is 11.7 Å². The van der Waals surface area contributed by atoms with Crippen LogP contribution in [0.1, 0.15) is 5.69 Å². The Hall–Kier alpha value is -1.77. The van der Waals surface area contributed by atoms with E-state index in [4.69, 9.17) is 4.74 Å². The van der Waals surface area contributed by atoms with Gasteiger partial charge in [-0.25, -0.2) is 17.8 Å². The number of fused-ring (bicyclic) bond motifs is 1. The second-order valence-electron chi connectivity index (χ2n) is 5.61. The maximum absolute atomic E-state index is 13.1. The van der Waals surface area contributed by atoms with E-state index < -0.39 is 15.8 Å². The van der Waals surface area contributed by atoms with E-state index in [1.54, 1.807) is 19.6 Å². The van der Waals surface area contributed by atoms with Crippen LogP contribution in [0.3, 0.4) is 0 Å². The number of imidazole rings is 1. The number of halogens is 1. The zero-order valence-electron chi connectivity index (χ0n) is 12.7. The highest BCUT2D eigenvalue weighted by Gasteiger charge is 2.31. The summed E-state index contributed by atoms with van der Waals surface area (Å²) in [6.07, 6.45) is 3.37. The summed E-state index contributed by atoms with van der Waals surface area (Å²) in [5.41, 5.74) is 0.828. The summed E-state index contributed by atoms with van der Waals surface area (Å²) in [4.78, 5) is 4.18. The number of aromatic nitrogens is 2. The molecule has 0 N–H and O–H groups in total. The molecule has 1 aromatic heterocycles. The fraction of sp³-hybridized carbons (Fsp3) is 0.400. The maximum atomic E-state index is 13.1. The average Bonchev–Trinajstić information content (AvgIpc) is 2.86.